The second kappa shape index (κ2) is 5.58. The fourth-order valence-corrected chi connectivity index (χ4v) is 1.44. The summed E-state index contributed by atoms with van der Waals surface area (Å²) in [6.07, 6.45) is -4.79. The van der Waals surface area contributed by atoms with Gasteiger partial charge in [0.25, 0.3) is 0 Å². The third kappa shape index (κ3) is 4.77. The van der Waals surface area contributed by atoms with Crippen molar-refractivity contribution in [2.75, 3.05) is 18.5 Å². The second-order valence-corrected chi connectivity index (χ2v) is 3.80. The summed E-state index contributed by atoms with van der Waals surface area (Å²) in [7, 11) is 1.73. The standard InChI is InChI=1S/C12H13F3N2/c1-17(8-2-7-12(13,14)15)11-5-3-10(9-16)4-6-11/h3-6H,2,7-8H2,1H3. The van der Waals surface area contributed by atoms with E-state index in [0.29, 0.717) is 12.1 Å². The minimum absolute atomic E-state index is 0.0694. The number of benzene rings is 1. The van der Waals surface area contributed by atoms with Crippen LogP contribution in [-0.4, -0.2) is 19.8 Å². The van der Waals surface area contributed by atoms with Gasteiger partial charge in [0.05, 0.1) is 11.6 Å². The summed E-state index contributed by atoms with van der Waals surface area (Å²) in [5.41, 5.74) is 1.35. The minimum atomic E-state index is -4.09. The molecule has 5 heteroatoms. The Labute approximate surface area is 98.3 Å². The Balaban J connectivity index is 2.47. The summed E-state index contributed by atoms with van der Waals surface area (Å²) in [4.78, 5) is 1.74. The van der Waals surface area contributed by atoms with Gasteiger partial charge in [0.1, 0.15) is 0 Å². The maximum Gasteiger partial charge on any atom is 0.389 e. The SMILES string of the molecule is CN(CCCC(F)(F)F)c1ccc(C#N)cc1. The van der Waals surface area contributed by atoms with E-state index < -0.39 is 12.6 Å². The molecule has 0 aliphatic heterocycles. The lowest BCUT2D eigenvalue weighted by atomic mass is 10.2. The highest BCUT2D eigenvalue weighted by Gasteiger charge is 2.26. The zero-order valence-electron chi connectivity index (χ0n) is 9.46. The molecule has 0 fully saturated rings. The van der Waals surface area contributed by atoms with Gasteiger partial charge in [-0.2, -0.15) is 18.4 Å². The van der Waals surface area contributed by atoms with E-state index in [4.69, 9.17) is 5.26 Å². The van der Waals surface area contributed by atoms with Crippen LogP contribution in [0, 0.1) is 11.3 Å². The van der Waals surface area contributed by atoms with E-state index in [1.807, 2.05) is 6.07 Å². The predicted molar refractivity (Wildman–Crippen MR) is 59.7 cm³/mol. The lowest BCUT2D eigenvalue weighted by molar-refractivity contribution is -0.135. The Morgan fingerprint density at radius 2 is 1.82 bits per heavy atom. The number of anilines is 1. The van der Waals surface area contributed by atoms with Gasteiger partial charge in [-0.1, -0.05) is 0 Å². The van der Waals surface area contributed by atoms with E-state index in [1.54, 1.807) is 36.2 Å². The molecule has 0 saturated carbocycles. The lowest BCUT2D eigenvalue weighted by Crippen LogP contribution is -2.20. The topological polar surface area (TPSA) is 27.0 Å². The average Bonchev–Trinajstić information content (AvgIpc) is 2.27. The first-order valence-corrected chi connectivity index (χ1v) is 5.20. The predicted octanol–water partition coefficient (Wildman–Crippen LogP) is 3.34. The number of rotatable bonds is 4. The van der Waals surface area contributed by atoms with Gasteiger partial charge in [-0.05, 0) is 30.7 Å². The smallest absolute Gasteiger partial charge is 0.375 e. The van der Waals surface area contributed by atoms with Gasteiger partial charge < -0.3 is 4.90 Å². The minimum Gasteiger partial charge on any atom is -0.375 e. The summed E-state index contributed by atoms with van der Waals surface area (Å²) in [5, 5.41) is 8.61. The zero-order chi connectivity index (χ0) is 12.9. The van der Waals surface area contributed by atoms with Gasteiger partial charge in [-0.3, -0.25) is 0 Å². The van der Waals surface area contributed by atoms with Crippen LogP contribution in [-0.2, 0) is 0 Å². The van der Waals surface area contributed by atoms with Crippen molar-refractivity contribution in [3.05, 3.63) is 29.8 Å². The molecule has 0 aliphatic carbocycles. The van der Waals surface area contributed by atoms with Crippen LogP contribution in [0.3, 0.4) is 0 Å². The highest BCUT2D eigenvalue weighted by molar-refractivity contribution is 5.48. The van der Waals surface area contributed by atoms with Crippen LogP contribution in [0.5, 0.6) is 0 Å². The van der Waals surface area contributed by atoms with Gasteiger partial charge in [0.2, 0.25) is 0 Å². The Hall–Kier alpha value is -1.70. The molecule has 1 rings (SSSR count). The van der Waals surface area contributed by atoms with Crippen molar-refractivity contribution in [2.45, 2.75) is 19.0 Å². The fraction of sp³-hybridized carbons (Fsp3) is 0.417. The number of nitrogens with zero attached hydrogens (tertiary/aromatic N) is 2. The number of hydrogen-bond donors (Lipinski definition) is 0. The number of nitriles is 1. The first-order valence-electron chi connectivity index (χ1n) is 5.20. The number of alkyl halides is 3. The first kappa shape index (κ1) is 13.4. The Morgan fingerprint density at radius 3 is 2.29 bits per heavy atom. The molecule has 1 aromatic rings. The third-order valence-corrected chi connectivity index (χ3v) is 2.39. The molecular weight excluding hydrogens is 229 g/mol. The summed E-state index contributed by atoms with van der Waals surface area (Å²) in [6, 6.07) is 8.74. The van der Waals surface area contributed by atoms with Crippen molar-refractivity contribution in [1.29, 1.82) is 5.26 Å². The summed E-state index contributed by atoms with van der Waals surface area (Å²) in [6.45, 7) is 0.339. The van der Waals surface area contributed by atoms with Crippen molar-refractivity contribution in [3.8, 4) is 6.07 Å². The molecule has 0 N–H and O–H groups in total. The molecule has 0 aliphatic rings. The van der Waals surface area contributed by atoms with E-state index in [0.717, 1.165) is 5.69 Å². The van der Waals surface area contributed by atoms with Crippen molar-refractivity contribution >= 4 is 5.69 Å². The van der Waals surface area contributed by atoms with E-state index in [9.17, 15) is 13.2 Å². The van der Waals surface area contributed by atoms with E-state index >= 15 is 0 Å². The fourth-order valence-electron chi connectivity index (χ4n) is 1.44. The van der Waals surface area contributed by atoms with Crippen LogP contribution in [0.4, 0.5) is 18.9 Å². The molecule has 0 atom stereocenters. The Morgan fingerprint density at radius 1 is 1.24 bits per heavy atom. The zero-order valence-corrected chi connectivity index (χ0v) is 9.46. The van der Waals surface area contributed by atoms with Gasteiger partial charge in [-0.15, -0.1) is 0 Å². The number of halogens is 3. The highest BCUT2D eigenvalue weighted by Crippen LogP contribution is 2.22. The molecule has 0 heterocycles. The molecule has 0 saturated heterocycles. The lowest BCUT2D eigenvalue weighted by Gasteiger charge is -2.19. The molecule has 0 bridgehead atoms. The van der Waals surface area contributed by atoms with Crippen LogP contribution >= 0.6 is 0 Å². The molecule has 2 nitrogen and oxygen atoms in total. The van der Waals surface area contributed by atoms with Crippen LogP contribution in [0.1, 0.15) is 18.4 Å². The molecule has 92 valence electrons. The second-order valence-electron chi connectivity index (χ2n) is 3.80. The van der Waals surface area contributed by atoms with Gasteiger partial charge >= 0.3 is 6.18 Å². The van der Waals surface area contributed by atoms with Gasteiger partial charge in [-0.25, -0.2) is 0 Å². The average molecular weight is 242 g/mol. The molecule has 0 unspecified atom stereocenters. The normalized spacial score (nSPS) is 11.0. The molecule has 17 heavy (non-hydrogen) atoms. The maximum absolute atomic E-state index is 12.0. The van der Waals surface area contributed by atoms with Crippen LogP contribution < -0.4 is 4.90 Å². The van der Waals surface area contributed by atoms with Crippen LogP contribution in [0.25, 0.3) is 0 Å². The Bertz CT molecular complexity index is 390. The third-order valence-electron chi connectivity index (χ3n) is 2.39. The van der Waals surface area contributed by atoms with E-state index in [1.165, 1.54) is 0 Å². The summed E-state index contributed by atoms with van der Waals surface area (Å²) < 4.78 is 35.9. The van der Waals surface area contributed by atoms with Crippen LogP contribution in [0.15, 0.2) is 24.3 Å². The van der Waals surface area contributed by atoms with Crippen molar-refractivity contribution in [2.24, 2.45) is 0 Å². The summed E-state index contributed by atoms with van der Waals surface area (Å²) >= 11 is 0. The molecule has 0 amide bonds. The van der Waals surface area contributed by atoms with E-state index in [-0.39, 0.29) is 6.42 Å². The molecule has 0 spiro atoms. The van der Waals surface area contributed by atoms with Gasteiger partial charge in [0.15, 0.2) is 0 Å². The maximum atomic E-state index is 12.0. The first-order chi connectivity index (χ1) is 7.92. The van der Waals surface area contributed by atoms with Gasteiger partial charge in [0, 0.05) is 25.7 Å². The molecular formula is C12H13F3N2. The highest BCUT2D eigenvalue weighted by atomic mass is 19.4. The quantitative estimate of drug-likeness (QED) is 0.809. The molecule has 0 aromatic heterocycles. The largest absolute Gasteiger partial charge is 0.389 e. The van der Waals surface area contributed by atoms with Crippen LogP contribution in [0.2, 0.25) is 0 Å². The van der Waals surface area contributed by atoms with Crippen molar-refractivity contribution in [3.63, 3.8) is 0 Å². The van der Waals surface area contributed by atoms with E-state index in [2.05, 4.69) is 0 Å². The van der Waals surface area contributed by atoms with Crippen molar-refractivity contribution < 1.29 is 13.2 Å². The molecule has 1 aromatic carbocycles. The van der Waals surface area contributed by atoms with Crippen molar-refractivity contribution in [1.82, 2.24) is 0 Å². The number of hydrogen-bond acceptors (Lipinski definition) is 2. The summed E-state index contributed by atoms with van der Waals surface area (Å²) in [5.74, 6) is 0. The Kier molecular flexibility index (Phi) is 4.38. The molecule has 0 radical (unpaired) electrons. The monoisotopic (exact) mass is 242 g/mol.